The Morgan fingerprint density at radius 2 is 1.80 bits per heavy atom. The van der Waals surface area contributed by atoms with Crippen LogP contribution in [0.5, 0.6) is 0 Å². The Balaban J connectivity index is 1.72. The first-order valence-corrected chi connectivity index (χ1v) is 11.1. The van der Waals surface area contributed by atoms with E-state index in [0.717, 1.165) is 40.1 Å². The quantitative estimate of drug-likeness (QED) is 0.511. The van der Waals surface area contributed by atoms with Gasteiger partial charge in [0.2, 0.25) is 0 Å². The third kappa shape index (κ3) is 4.82. The van der Waals surface area contributed by atoms with Crippen LogP contribution in [0.4, 0.5) is 5.82 Å². The average molecular weight is 421 g/mol. The van der Waals surface area contributed by atoms with Crippen LogP contribution < -0.4 is 11.1 Å². The van der Waals surface area contributed by atoms with Gasteiger partial charge in [0.15, 0.2) is 5.82 Å². The SMILES string of the molecule is CC(C)c1ccc2nc(C=Cc3ccc(Cl)cc3)nc(N[C@H]3CCCC[C@H]3N)c2c1. The van der Waals surface area contributed by atoms with Crippen molar-refractivity contribution in [2.45, 2.75) is 57.5 Å². The lowest BCUT2D eigenvalue weighted by atomic mass is 9.91. The highest BCUT2D eigenvalue weighted by Gasteiger charge is 2.23. The highest BCUT2D eigenvalue weighted by molar-refractivity contribution is 6.30. The molecule has 1 aliphatic carbocycles. The van der Waals surface area contributed by atoms with Crippen molar-refractivity contribution >= 4 is 40.5 Å². The zero-order valence-electron chi connectivity index (χ0n) is 17.6. The number of nitrogens with two attached hydrogens (primary N) is 1. The predicted molar refractivity (Wildman–Crippen MR) is 128 cm³/mol. The molecule has 0 unspecified atom stereocenters. The van der Waals surface area contributed by atoms with Crippen molar-refractivity contribution in [3.8, 4) is 0 Å². The summed E-state index contributed by atoms with van der Waals surface area (Å²) in [7, 11) is 0. The van der Waals surface area contributed by atoms with Crippen molar-refractivity contribution in [3.63, 3.8) is 0 Å². The summed E-state index contributed by atoms with van der Waals surface area (Å²) >= 11 is 5.99. The largest absolute Gasteiger partial charge is 0.365 e. The Hall–Kier alpha value is -2.43. The molecule has 0 radical (unpaired) electrons. The van der Waals surface area contributed by atoms with Crippen LogP contribution in [0.25, 0.3) is 23.1 Å². The van der Waals surface area contributed by atoms with Crippen molar-refractivity contribution in [1.82, 2.24) is 9.97 Å². The fourth-order valence-corrected chi connectivity index (χ4v) is 4.09. The highest BCUT2D eigenvalue weighted by Crippen LogP contribution is 2.28. The van der Waals surface area contributed by atoms with Crippen molar-refractivity contribution in [3.05, 3.63) is 64.4 Å². The summed E-state index contributed by atoms with van der Waals surface area (Å²) in [4.78, 5) is 9.66. The predicted octanol–water partition coefficient (Wildman–Crippen LogP) is 6.26. The van der Waals surface area contributed by atoms with Gasteiger partial charge in [-0.1, -0.05) is 62.6 Å². The first kappa shape index (κ1) is 20.8. The molecule has 1 saturated carbocycles. The number of anilines is 1. The minimum atomic E-state index is 0.158. The topological polar surface area (TPSA) is 63.8 Å². The van der Waals surface area contributed by atoms with Gasteiger partial charge in [0.1, 0.15) is 5.82 Å². The molecule has 4 nitrogen and oxygen atoms in total. The molecule has 4 rings (SSSR count). The molecule has 2 atom stereocenters. The number of benzene rings is 2. The van der Waals surface area contributed by atoms with E-state index in [9.17, 15) is 0 Å². The molecule has 0 spiro atoms. The fraction of sp³-hybridized carbons (Fsp3) is 0.360. The summed E-state index contributed by atoms with van der Waals surface area (Å²) in [5.74, 6) is 2.01. The minimum absolute atomic E-state index is 0.158. The smallest absolute Gasteiger partial charge is 0.154 e. The molecule has 1 aromatic heterocycles. The maximum Gasteiger partial charge on any atom is 0.154 e. The zero-order valence-corrected chi connectivity index (χ0v) is 18.4. The van der Waals surface area contributed by atoms with Crippen molar-refractivity contribution in [2.75, 3.05) is 5.32 Å². The highest BCUT2D eigenvalue weighted by atomic mass is 35.5. The third-order valence-corrected chi connectivity index (χ3v) is 6.09. The Bertz CT molecular complexity index is 1040. The molecule has 0 aliphatic heterocycles. The maximum atomic E-state index is 6.40. The normalized spacial score (nSPS) is 19.6. The van der Waals surface area contributed by atoms with E-state index >= 15 is 0 Å². The maximum absolute atomic E-state index is 6.40. The van der Waals surface area contributed by atoms with Gasteiger partial charge in [0.25, 0.3) is 0 Å². The van der Waals surface area contributed by atoms with Gasteiger partial charge in [0.05, 0.1) is 5.52 Å². The number of aromatic nitrogens is 2. The lowest BCUT2D eigenvalue weighted by molar-refractivity contribution is 0.403. The zero-order chi connectivity index (χ0) is 21.1. The summed E-state index contributed by atoms with van der Waals surface area (Å²) in [5.41, 5.74) is 9.69. The van der Waals surface area contributed by atoms with Gasteiger partial charge in [0, 0.05) is 22.5 Å². The number of nitrogens with one attached hydrogen (secondary N) is 1. The van der Waals surface area contributed by atoms with Crippen molar-refractivity contribution in [1.29, 1.82) is 0 Å². The monoisotopic (exact) mass is 420 g/mol. The van der Waals surface area contributed by atoms with Gasteiger partial charge in [-0.15, -0.1) is 0 Å². The first-order chi connectivity index (χ1) is 14.5. The molecule has 1 aliphatic rings. The number of halogens is 1. The molecule has 5 heteroatoms. The van der Waals surface area contributed by atoms with Crippen LogP contribution in [0.15, 0.2) is 42.5 Å². The van der Waals surface area contributed by atoms with Crippen LogP contribution in [0.2, 0.25) is 5.02 Å². The van der Waals surface area contributed by atoms with Crippen LogP contribution in [0.1, 0.15) is 62.4 Å². The Morgan fingerprint density at radius 3 is 2.53 bits per heavy atom. The first-order valence-electron chi connectivity index (χ1n) is 10.8. The van der Waals surface area contributed by atoms with E-state index < -0.39 is 0 Å². The van der Waals surface area contributed by atoms with E-state index in [-0.39, 0.29) is 12.1 Å². The summed E-state index contributed by atoms with van der Waals surface area (Å²) in [6.45, 7) is 4.41. The second-order valence-corrected chi connectivity index (χ2v) is 8.88. The van der Waals surface area contributed by atoms with Crippen LogP contribution in [-0.4, -0.2) is 22.1 Å². The number of hydrogen-bond acceptors (Lipinski definition) is 4. The molecule has 156 valence electrons. The van der Waals surface area contributed by atoms with Gasteiger partial charge in [-0.25, -0.2) is 9.97 Å². The Kier molecular flexibility index (Phi) is 6.35. The van der Waals surface area contributed by atoms with Crippen molar-refractivity contribution in [2.24, 2.45) is 5.73 Å². The molecule has 1 fully saturated rings. The number of nitrogens with zero attached hydrogens (tertiary/aromatic N) is 2. The summed E-state index contributed by atoms with van der Waals surface area (Å²) in [5, 5.41) is 5.44. The molecule has 0 bridgehead atoms. The van der Waals surface area contributed by atoms with Crippen LogP contribution >= 0.6 is 11.6 Å². The van der Waals surface area contributed by atoms with Gasteiger partial charge in [-0.2, -0.15) is 0 Å². The number of fused-ring (bicyclic) bond motifs is 1. The number of hydrogen-bond donors (Lipinski definition) is 2. The van der Waals surface area contributed by atoms with Crippen molar-refractivity contribution < 1.29 is 0 Å². The summed E-state index contributed by atoms with van der Waals surface area (Å²) < 4.78 is 0. The molecule has 0 amide bonds. The lowest BCUT2D eigenvalue weighted by Crippen LogP contribution is -2.42. The van der Waals surface area contributed by atoms with Crippen LogP contribution in [-0.2, 0) is 0 Å². The molecule has 3 aromatic rings. The van der Waals surface area contributed by atoms with E-state index in [1.54, 1.807) is 0 Å². The molecule has 1 heterocycles. The van der Waals surface area contributed by atoms with E-state index in [1.807, 2.05) is 36.4 Å². The summed E-state index contributed by atoms with van der Waals surface area (Å²) in [6, 6.07) is 14.6. The standard InChI is InChI=1S/C25H29ClN4/c1-16(2)18-10-13-22-20(15-18)25(29-23-6-4-3-5-21(23)27)30-24(28-22)14-9-17-7-11-19(26)12-8-17/h7-16,21,23H,3-6,27H2,1-2H3,(H,28,29,30)/t21-,23+/m1/s1. The summed E-state index contributed by atoms with van der Waals surface area (Å²) in [6.07, 6.45) is 8.50. The van der Waals surface area contributed by atoms with Crippen LogP contribution in [0, 0.1) is 0 Å². The van der Waals surface area contributed by atoms with E-state index in [2.05, 4.69) is 37.4 Å². The molecule has 3 N–H and O–H groups in total. The van der Waals surface area contributed by atoms with Crippen LogP contribution in [0.3, 0.4) is 0 Å². The van der Waals surface area contributed by atoms with Gasteiger partial charge in [-0.05, 0) is 60.2 Å². The molecule has 2 aromatic carbocycles. The molecular weight excluding hydrogens is 392 g/mol. The minimum Gasteiger partial charge on any atom is -0.365 e. The van der Waals surface area contributed by atoms with E-state index in [4.69, 9.17) is 27.3 Å². The van der Waals surface area contributed by atoms with Gasteiger partial charge >= 0.3 is 0 Å². The fourth-order valence-electron chi connectivity index (χ4n) is 3.97. The molecule has 30 heavy (non-hydrogen) atoms. The Morgan fingerprint density at radius 1 is 1.03 bits per heavy atom. The molecule has 0 saturated heterocycles. The molecular formula is C25H29ClN4. The Labute approximate surface area is 183 Å². The average Bonchev–Trinajstić information content (AvgIpc) is 2.74. The van der Waals surface area contributed by atoms with Gasteiger partial charge < -0.3 is 11.1 Å². The van der Waals surface area contributed by atoms with E-state index in [0.29, 0.717) is 11.7 Å². The van der Waals surface area contributed by atoms with E-state index in [1.165, 1.54) is 18.4 Å². The lowest BCUT2D eigenvalue weighted by Gasteiger charge is -2.30. The third-order valence-electron chi connectivity index (χ3n) is 5.84. The second-order valence-electron chi connectivity index (χ2n) is 8.45. The number of rotatable bonds is 5. The van der Waals surface area contributed by atoms with Gasteiger partial charge in [-0.3, -0.25) is 0 Å². The second kappa shape index (κ2) is 9.15.